The van der Waals surface area contributed by atoms with Crippen molar-refractivity contribution in [3.63, 3.8) is 0 Å². The van der Waals surface area contributed by atoms with Gasteiger partial charge < -0.3 is 25.2 Å². The number of nitrogens with one attached hydrogen (secondary N) is 2. The molecular weight excluding hydrogens is 496 g/mol. The summed E-state index contributed by atoms with van der Waals surface area (Å²) in [6, 6.07) is 12.6. The Hall–Kier alpha value is -4.56. The standard InChI is InChI=1S/C28H30N8O3/c1-19-18-39-15-14-36(19)26-23-9-13-35(27(37)21-4-2-11-30-16-21)17-24(23)33-25(34-26)20-5-7-22(8-6-20)32-28(38)31-12-3-10-29/h2,4-8,11,16,19H,3,9,12-15,17-18H2,1H3,(H2,31,32,38). The van der Waals surface area contributed by atoms with Crippen molar-refractivity contribution < 1.29 is 14.3 Å². The van der Waals surface area contributed by atoms with E-state index in [1.54, 1.807) is 41.6 Å². The van der Waals surface area contributed by atoms with Gasteiger partial charge in [-0.3, -0.25) is 9.78 Å². The molecule has 1 saturated heterocycles. The lowest BCUT2D eigenvalue weighted by atomic mass is 10.0. The van der Waals surface area contributed by atoms with Crippen LogP contribution in [-0.2, 0) is 17.7 Å². The first-order valence-electron chi connectivity index (χ1n) is 13.0. The fourth-order valence-electron chi connectivity index (χ4n) is 4.77. The zero-order valence-corrected chi connectivity index (χ0v) is 21.8. The number of urea groups is 1. The average molecular weight is 527 g/mol. The molecule has 5 rings (SSSR count). The normalized spacial score (nSPS) is 16.7. The predicted octanol–water partition coefficient (Wildman–Crippen LogP) is 3.00. The van der Waals surface area contributed by atoms with Crippen LogP contribution in [0.1, 0.15) is 35.0 Å². The minimum absolute atomic E-state index is 0.0707. The number of anilines is 2. The van der Waals surface area contributed by atoms with E-state index in [-0.39, 0.29) is 30.9 Å². The van der Waals surface area contributed by atoms with Gasteiger partial charge in [0.15, 0.2) is 5.82 Å². The van der Waals surface area contributed by atoms with Crippen LogP contribution in [0.4, 0.5) is 16.3 Å². The summed E-state index contributed by atoms with van der Waals surface area (Å²) in [6.07, 6.45) is 4.14. The summed E-state index contributed by atoms with van der Waals surface area (Å²) in [5.41, 5.74) is 3.86. The Morgan fingerprint density at radius 2 is 2.03 bits per heavy atom. The molecule has 0 saturated carbocycles. The first-order chi connectivity index (χ1) is 19.0. The Morgan fingerprint density at radius 3 is 2.77 bits per heavy atom. The number of hydrogen-bond acceptors (Lipinski definition) is 8. The maximum Gasteiger partial charge on any atom is 0.319 e. The van der Waals surface area contributed by atoms with E-state index in [2.05, 4.69) is 27.4 Å². The highest BCUT2D eigenvalue weighted by atomic mass is 16.5. The summed E-state index contributed by atoms with van der Waals surface area (Å²) in [5.74, 6) is 1.38. The van der Waals surface area contributed by atoms with Gasteiger partial charge >= 0.3 is 6.03 Å². The van der Waals surface area contributed by atoms with Crippen molar-refractivity contribution >= 4 is 23.4 Å². The van der Waals surface area contributed by atoms with Crippen LogP contribution < -0.4 is 15.5 Å². The SMILES string of the molecule is CC1COCCN1c1nc(-c2ccc(NC(=O)NCCC#N)cc2)nc2c1CCN(C(=O)c1cccnc1)C2. The molecule has 0 bridgehead atoms. The molecule has 0 aliphatic carbocycles. The molecule has 2 aromatic heterocycles. The summed E-state index contributed by atoms with van der Waals surface area (Å²) in [4.78, 5) is 43.3. The minimum Gasteiger partial charge on any atom is -0.377 e. The lowest BCUT2D eigenvalue weighted by Gasteiger charge is -2.37. The van der Waals surface area contributed by atoms with Crippen LogP contribution in [0.15, 0.2) is 48.8 Å². The van der Waals surface area contributed by atoms with Gasteiger partial charge in [-0.05, 0) is 49.7 Å². The van der Waals surface area contributed by atoms with Crippen LogP contribution in [0.3, 0.4) is 0 Å². The third-order valence-electron chi connectivity index (χ3n) is 6.80. The molecule has 2 aliphatic heterocycles. The minimum atomic E-state index is -0.370. The lowest BCUT2D eigenvalue weighted by Crippen LogP contribution is -2.45. The number of nitriles is 1. The molecule has 1 fully saturated rings. The van der Waals surface area contributed by atoms with Crippen molar-refractivity contribution in [1.82, 2.24) is 25.2 Å². The zero-order chi connectivity index (χ0) is 27.2. The molecular formula is C28H30N8O3. The molecule has 200 valence electrons. The molecule has 11 nitrogen and oxygen atoms in total. The van der Waals surface area contributed by atoms with Gasteiger partial charge in [-0.2, -0.15) is 5.26 Å². The second-order valence-electron chi connectivity index (χ2n) is 9.50. The molecule has 1 aromatic carbocycles. The molecule has 3 amide bonds. The molecule has 1 unspecified atom stereocenters. The summed E-state index contributed by atoms with van der Waals surface area (Å²) in [5, 5.41) is 14.0. The number of carbonyl (C=O) groups excluding carboxylic acids is 2. The molecule has 3 aromatic rings. The van der Waals surface area contributed by atoms with Crippen molar-refractivity contribution in [3.8, 4) is 17.5 Å². The van der Waals surface area contributed by atoms with E-state index in [9.17, 15) is 9.59 Å². The first kappa shape index (κ1) is 26.1. The van der Waals surface area contributed by atoms with Gasteiger partial charge in [0.1, 0.15) is 5.82 Å². The van der Waals surface area contributed by atoms with Gasteiger partial charge in [-0.25, -0.2) is 14.8 Å². The van der Waals surface area contributed by atoms with Crippen molar-refractivity contribution in [1.29, 1.82) is 5.26 Å². The number of aromatic nitrogens is 3. The van der Waals surface area contributed by atoms with Crippen LogP contribution in [-0.4, -0.2) is 70.7 Å². The highest BCUT2D eigenvalue weighted by Crippen LogP contribution is 2.32. The molecule has 2 N–H and O–H groups in total. The van der Waals surface area contributed by atoms with Crippen LogP contribution in [0.5, 0.6) is 0 Å². The zero-order valence-electron chi connectivity index (χ0n) is 21.8. The number of rotatable bonds is 6. The number of pyridine rings is 1. The van der Waals surface area contributed by atoms with Crippen LogP contribution in [0.25, 0.3) is 11.4 Å². The second-order valence-corrected chi connectivity index (χ2v) is 9.50. The van der Waals surface area contributed by atoms with Crippen LogP contribution in [0.2, 0.25) is 0 Å². The molecule has 0 spiro atoms. The van der Waals surface area contributed by atoms with Gasteiger partial charge in [0.05, 0.1) is 49.5 Å². The summed E-state index contributed by atoms with van der Waals surface area (Å²) >= 11 is 0. The van der Waals surface area contributed by atoms with E-state index in [0.717, 1.165) is 29.2 Å². The fourth-order valence-corrected chi connectivity index (χ4v) is 4.77. The van der Waals surface area contributed by atoms with E-state index in [1.165, 1.54) is 0 Å². The number of benzene rings is 1. The summed E-state index contributed by atoms with van der Waals surface area (Å²) < 4.78 is 5.67. The lowest BCUT2D eigenvalue weighted by molar-refractivity contribution is 0.0731. The smallest absolute Gasteiger partial charge is 0.319 e. The number of amides is 3. The quantitative estimate of drug-likeness (QED) is 0.468. The first-order valence-corrected chi connectivity index (χ1v) is 13.0. The number of nitrogens with zero attached hydrogens (tertiary/aromatic N) is 6. The van der Waals surface area contributed by atoms with Gasteiger partial charge in [-0.15, -0.1) is 0 Å². The van der Waals surface area contributed by atoms with Gasteiger partial charge in [-0.1, -0.05) is 0 Å². The molecule has 2 aliphatic rings. The fraction of sp³-hybridized carbons (Fsp3) is 0.357. The maximum atomic E-state index is 13.2. The third kappa shape index (κ3) is 5.97. The number of ether oxygens (including phenoxy) is 1. The predicted molar refractivity (Wildman–Crippen MR) is 145 cm³/mol. The van der Waals surface area contributed by atoms with Crippen LogP contribution >= 0.6 is 0 Å². The van der Waals surface area contributed by atoms with Crippen LogP contribution in [0, 0.1) is 11.3 Å². The van der Waals surface area contributed by atoms with Gasteiger partial charge in [0.2, 0.25) is 0 Å². The Labute approximate surface area is 226 Å². The third-order valence-corrected chi connectivity index (χ3v) is 6.80. The monoisotopic (exact) mass is 526 g/mol. The largest absolute Gasteiger partial charge is 0.377 e. The second kappa shape index (κ2) is 11.9. The van der Waals surface area contributed by atoms with E-state index >= 15 is 0 Å². The Morgan fingerprint density at radius 1 is 1.18 bits per heavy atom. The number of hydrogen-bond donors (Lipinski definition) is 2. The molecule has 4 heterocycles. The number of fused-ring (bicyclic) bond motifs is 1. The Balaban J connectivity index is 1.43. The van der Waals surface area contributed by atoms with E-state index in [1.807, 2.05) is 18.2 Å². The molecule has 11 heteroatoms. The topological polar surface area (TPSA) is 136 Å². The number of morpholine rings is 1. The highest BCUT2D eigenvalue weighted by molar-refractivity contribution is 5.94. The maximum absolute atomic E-state index is 13.2. The van der Waals surface area contributed by atoms with Gasteiger partial charge in [0.25, 0.3) is 5.91 Å². The van der Waals surface area contributed by atoms with E-state index in [0.29, 0.717) is 49.8 Å². The van der Waals surface area contributed by atoms with Crippen molar-refractivity contribution in [2.24, 2.45) is 0 Å². The summed E-state index contributed by atoms with van der Waals surface area (Å²) in [7, 11) is 0. The van der Waals surface area contributed by atoms with Gasteiger partial charge in [0, 0.05) is 48.8 Å². The Kier molecular flexibility index (Phi) is 7.94. The van der Waals surface area contributed by atoms with E-state index in [4.69, 9.17) is 20.0 Å². The van der Waals surface area contributed by atoms with Crippen molar-refractivity contribution in [2.75, 3.05) is 43.1 Å². The van der Waals surface area contributed by atoms with E-state index < -0.39 is 0 Å². The molecule has 0 radical (unpaired) electrons. The van der Waals surface area contributed by atoms with Crippen molar-refractivity contribution in [2.45, 2.75) is 32.4 Å². The Bertz CT molecular complexity index is 1370. The van der Waals surface area contributed by atoms with Crippen molar-refractivity contribution in [3.05, 3.63) is 65.6 Å². The molecule has 1 atom stereocenters. The highest BCUT2D eigenvalue weighted by Gasteiger charge is 2.30. The number of carbonyl (C=O) groups is 2. The molecule has 39 heavy (non-hydrogen) atoms. The summed E-state index contributed by atoms with van der Waals surface area (Å²) in [6.45, 7) is 5.34. The average Bonchev–Trinajstić information content (AvgIpc) is 2.97.